The zero-order chi connectivity index (χ0) is 15.9. The van der Waals surface area contributed by atoms with Crippen LogP contribution in [0.2, 0.25) is 0 Å². The molecular formula is C11H17N2O7P. The normalized spacial score (nSPS) is 21.5. The molecule has 9 nitrogen and oxygen atoms in total. The van der Waals surface area contributed by atoms with Gasteiger partial charge in [0.1, 0.15) is 0 Å². The summed E-state index contributed by atoms with van der Waals surface area (Å²) in [7, 11) is -4.40. The number of carbonyl (C=O) groups is 1. The highest BCUT2D eigenvalue weighted by atomic mass is 31.2. The van der Waals surface area contributed by atoms with Gasteiger partial charge in [0.25, 0.3) is 0 Å². The molecule has 0 radical (unpaired) electrons. The molecule has 2 heterocycles. The summed E-state index contributed by atoms with van der Waals surface area (Å²) >= 11 is 0. The quantitative estimate of drug-likeness (QED) is 0.538. The lowest BCUT2D eigenvalue weighted by atomic mass is 10.2. The highest BCUT2D eigenvalue weighted by Gasteiger charge is 2.26. The lowest BCUT2D eigenvalue weighted by Gasteiger charge is -2.09. The lowest BCUT2D eigenvalue weighted by Crippen LogP contribution is -2.13. The standard InChI is InChI=1S/C6H6N2O.C5H11O6P/c7-6(9)5-2-1-3-8-4-5;6-4-1-5(10-2-4)3-11-12(7,8)9/h1-4H,(H2,7,9);4-6H,1-3H2,(H2,7,8,9). The number of carbonyl (C=O) groups excluding carboxylic acids is 1. The van der Waals surface area contributed by atoms with E-state index in [1.807, 2.05) is 0 Å². The van der Waals surface area contributed by atoms with Crippen molar-refractivity contribution in [2.24, 2.45) is 5.73 Å². The largest absolute Gasteiger partial charge is 0.469 e. The number of ether oxygens (including phenoxy) is 1. The van der Waals surface area contributed by atoms with Crippen LogP contribution < -0.4 is 5.73 Å². The van der Waals surface area contributed by atoms with E-state index in [4.69, 9.17) is 25.4 Å². The first-order valence-corrected chi connectivity index (χ1v) is 7.50. The van der Waals surface area contributed by atoms with E-state index >= 15 is 0 Å². The van der Waals surface area contributed by atoms with Crippen molar-refractivity contribution in [1.29, 1.82) is 0 Å². The molecule has 0 aromatic carbocycles. The zero-order valence-corrected chi connectivity index (χ0v) is 11.9. The minimum Gasteiger partial charge on any atom is -0.391 e. The number of pyridine rings is 1. The van der Waals surface area contributed by atoms with Crippen LogP contribution in [0.25, 0.3) is 0 Å². The number of aromatic nitrogens is 1. The third-order valence-corrected chi connectivity index (χ3v) is 2.92. The smallest absolute Gasteiger partial charge is 0.391 e. The summed E-state index contributed by atoms with van der Waals surface area (Å²) < 4.78 is 19.4. The second-order valence-electron chi connectivity index (χ2n) is 4.24. The van der Waals surface area contributed by atoms with Crippen LogP contribution in [-0.4, -0.2) is 51.2 Å². The Balaban J connectivity index is 0.000000219. The highest BCUT2D eigenvalue weighted by molar-refractivity contribution is 7.46. The monoisotopic (exact) mass is 320 g/mol. The van der Waals surface area contributed by atoms with Crippen LogP contribution >= 0.6 is 7.82 Å². The van der Waals surface area contributed by atoms with Crippen LogP contribution in [0.1, 0.15) is 16.8 Å². The molecule has 1 aromatic rings. The molecule has 118 valence electrons. The van der Waals surface area contributed by atoms with Crippen molar-refractivity contribution >= 4 is 13.7 Å². The zero-order valence-electron chi connectivity index (χ0n) is 11.0. The fourth-order valence-electron chi connectivity index (χ4n) is 1.49. The molecular weight excluding hydrogens is 303 g/mol. The Labute approximate surface area is 121 Å². The van der Waals surface area contributed by atoms with Gasteiger partial charge in [-0.05, 0) is 12.1 Å². The van der Waals surface area contributed by atoms with Crippen molar-refractivity contribution < 1.29 is 33.5 Å². The Morgan fingerprint density at radius 1 is 1.57 bits per heavy atom. The Bertz CT molecular complexity index is 493. The van der Waals surface area contributed by atoms with Crippen LogP contribution in [0.3, 0.4) is 0 Å². The van der Waals surface area contributed by atoms with Gasteiger partial charge in [-0.1, -0.05) is 0 Å². The molecule has 1 saturated heterocycles. The summed E-state index contributed by atoms with van der Waals surface area (Å²) in [6.07, 6.45) is 2.43. The third kappa shape index (κ3) is 7.86. The van der Waals surface area contributed by atoms with E-state index in [-0.39, 0.29) is 13.2 Å². The van der Waals surface area contributed by atoms with Crippen LogP contribution in [0, 0.1) is 0 Å². The maximum Gasteiger partial charge on any atom is 0.469 e. The third-order valence-electron chi connectivity index (χ3n) is 2.43. The number of nitrogens with zero attached hydrogens (tertiary/aromatic N) is 1. The minimum absolute atomic E-state index is 0.179. The first kappa shape index (κ1) is 17.7. The first-order valence-electron chi connectivity index (χ1n) is 5.97. The van der Waals surface area contributed by atoms with Gasteiger partial charge >= 0.3 is 7.82 Å². The average Bonchev–Trinajstić information content (AvgIpc) is 2.83. The lowest BCUT2D eigenvalue weighted by molar-refractivity contribution is 0.0485. The van der Waals surface area contributed by atoms with E-state index in [0.717, 1.165) is 0 Å². The van der Waals surface area contributed by atoms with Gasteiger partial charge in [0, 0.05) is 18.8 Å². The molecule has 2 atom stereocenters. The summed E-state index contributed by atoms with van der Waals surface area (Å²) in [6.45, 7) is 0.0243. The number of rotatable bonds is 4. The number of phosphoric ester groups is 1. The number of phosphoric acid groups is 1. The van der Waals surface area contributed by atoms with E-state index in [0.29, 0.717) is 12.0 Å². The van der Waals surface area contributed by atoms with Crippen LogP contribution in [0.5, 0.6) is 0 Å². The molecule has 21 heavy (non-hydrogen) atoms. The molecule has 1 fully saturated rings. The number of hydrogen-bond acceptors (Lipinski definition) is 6. The van der Waals surface area contributed by atoms with Crippen molar-refractivity contribution in [2.45, 2.75) is 18.6 Å². The van der Waals surface area contributed by atoms with Crippen molar-refractivity contribution in [2.75, 3.05) is 13.2 Å². The molecule has 0 bridgehead atoms. The van der Waals surface area contributed by atoms with E-state index in [9.17, 15) is 9.36 Å². The molecule has 1 aromatic heterocycles. The van der Waals surface area contributed by atoms with Gasteiger partial charge in [-0.3, -0.25) is 14.3 Å². The van der Waals surface area contributed by atoms with Gasteiger partial charge in [0.2, 0.25) is 5.91 Å². The molecule has 2 unspecified atom stereocenters. The van der Waals surface area contributed by atoms with Crippen LogP contribution in [0.15, 0.2) is 24.5 Å². The molecule has 10 heteroatoms. The van der Waals surface area contributed by atoms with Crippen molar-refractivity contribution in [1.82, 2.24) is 4.98 Å². The first-order chi connectivity index (χ1) is 9.78. The van der Waals surface area contributed by atoms with Gasteiger partial charge in [-0.25, -0.2) is 4.57 Å². The molecule has 1 amide bonds. The Morgan fingerprint density at radius 3 is 2.67 bits per heavy atom. The molecule has 1 aliphatic rings. The highest BCUT2D eigenvalue weighted by Crippen LogP contribution is 2.36. The maximum atomic E-state index is 10.4. The molecule has 0 saturated carbocycles. The van der Waals surface area contributed by atoms with Crippen molar-refractivity contribution in [3.8, 4) is 0 Å². The second-order valence-corrected chi connectivity index (χ2v) is 5.48. The van der Waals surface area contributed by atoms with E-state index in [2.05, 4.69) is 9.51 Å². The van der Waals surface area contributed by atoms with E-state index in [1.165, 1.54) is 6.20 Å². The molecule has 0 aliphatic carbocycles. The van der Waals surface area contributed by atoms with Gasteiger partial charge in [0.15, 0.2) is 0 Å². The predicted molar refractivity (Wildman–Crippen MR) is 71.1 cm³/mol. The SMILES string of the molecule is NC(=O)c1cccnc1.O=P(O)(O)OCC1CC(O)CO1. The number of aliphatic hydroxyl groups excluding tert-OH is 1. The van der Waals surface area contributed by atoms with E-state index in [1.54, 1.807) is 18.3 Å². The van der Waals surface area contributed by atoms with Crippen LogP contribution in [-0.2, 0) is 13.8 Å². The molecule has 0 spiro atoms. The topological polar surface area (TPSA) is 152 Å². The second kappa shape index (κ2) is 8.18. The number of primary amides is 1. The van der Waals surface area contributed by atoms with Gasteiger partial charge < -0.3 is 25.4 Å². The summed E-state index contributed by atoms with van der Waals surface area (Å²) in [5.41, 5.74) is 5.38. The summed E-state index contributed by atoms with van der Waals surface area (Å²) in [5.74, 6) is -0.442. The molecule has 5 N–H and O–H groups in total. The van der Waals surface area contributed by atoms with E-state index < -0.39 is 25.9 Å². The number of aliphatic hydroxyl groups is 1. The fourth-order valence-corrected chi connectivity index (χ4v) is 1.85. The number of hydrogen-bond donors (Lipinski definition) is 4. The Kier molecular flexibility index (Phi) is 6.90. The fraction of sp³-hybridized carbons (Fsp3) is 0.455. The molecule has 1 aliphatic heterocycles. The maximum absolute atomic E-state index is 10.4. The summed E-state index contributed by atoms with van der Waals surface area (Å²) in [6, 6.07) is 3.29. The minimum atomic E-state index is -4.40. The predicted octanol–water partition coefficient (Wildman–Crippen LogP) is -0.574. The van der Waals surface area contributed by atoms with Gasteiger partial charge in [-0.15, -0.1) is 0 Å². The summed E-state index contributed by atoms with van der Waals surface area (Å²) in [4.78, 5) is 30.7. The average molecular weight is 320 g/mol. The van der Waals surface area contributed by atoms with Gasteiger partial charge in [-0.2, -0.15) is 0 Å². The summed E-state index contributed by atoms with van der Waals surface area (Å²) in [5, 5.41) is 8.95. The molecule has 2 rings (SSSR count). The van der Waals surface area contributed by atoms with Crippen molar-refractivity contribution in [3.63, 3.8) is 0 Å². The van der Waals surface area contributed by atoms with Gasteiger partial charge in [0.05, 0.1) is 31.0 Å². The van der Waals surface area contributed by atoms with Crippen LogP contribution in [0.4, 0.5) is 0 Å². The van der Waals surface area contributed by atoms with Crippen molar-refractivity contribution in [3.05, 3.63) is 30.1 Å². The Hall–Kier alpha value is -1.35. The number of nitrogens with two attached hydrogens (primary N) is 1. The number of amides is 1. The Morgan fingerprint density at radius 2 is 2.29 bits per heavy atom.